The Labute approximate surface area is 112 Å². The van der Waals surface area contributed by atoms with Gasteiger partial charge in [-0.3, -0.25) is 0 Å². The monoisotopic (exact) mass is 277 g/mol. The molecule has 0 bridgehead atoms. The van der Waals surface area contributed by atoms with Gasteiger partial charge in [0.2, 0.25) is 16.5 Å². The molecule has 5 nitrogen and oxygen atoms in total. The molecule has 1 rings (SSSR count). The van der Waals surface area contributed by atoms with Crippen LogP contribution in [0.4, 0.5) is 5.95 Å². The zero-order valence-corrected chi connectivity index (χ0v) is 12.0. The largest absolute Gasteiger partial charge is 0.353 e. The van der Waals surface area contributed by atoms with Gasteiger partial charge in [-0.1, -0.05) is 13.8 Å². The Bertz CT molecular complexity index is 361. The number of nitrogens with zero attached hydrogens (tertiary/aromatic N) is 4. The van der Waals surface area contributed by atoms with Gasteiger partial charge < -0.3 is 10.2 Å². The molecule has 0 saturated heterocycles. The van der Waals surface area contributed by atoms with Crippen LogP contribution in [0.15, 0.2) is 0 Å². The summed E-state index contributed by atoms with van der Waals surface area (Å²) in [5, 5.41) is 3.30. The van der Waals surface area contributed by atoms with Crippen LogP contribution < -0.4 is 5.32 Å². The highest BCUT2D eigenvalue weighted by Crippen LogP contribution is 2.17. The predicted molar refractivity (Wildman–Crippen MR) is 70.7 cm³/mol. The van der Waals surface area contributed by atoms with E-state index in [4.69, 9.17) is 23.2 Å². The lowest BCUT2D eigenvalue weighted by atomic mass is 9.93. The van der Waals surface area contributed by atoms with Crippen molar-refractivity contribution in [1.29, 1.82) is 0 Å². The fourth-order valence-electron chi connectivity index (χ4n) is 1.64. The number of nitrogens with one attached hydrogen (secondary N) is 1. The summed E-state index contributed by atoms with van der Waals surface area (Å²) < 4.78 is 0. The van der Waals surface area contributed by atoms with E-state index in [9.17, 15) is 0 Å². The van der Waals surface area contributed by atoms with Gasteiger partial charge in [-0.25, -0.2) is 0 Å². The molecule has 0 fully saturated rings. The van der Waals surface area contributed by atoms with Gasteiger partial charge in [-0.05, 0) is 42.7 Å². The van der Waals surface area contributed by atoms with Crippen LogP contribution in [0, 0.1) is 5.41 Å². The number of hydrogen-bond acceptors (Lipinski definition) is 5. The molecule has 0 radical (unpaired) electrons. The first-order valence-electron chi connectivity index (χ1n) is 5.24. The third-order valence-electron chi connectivity index (χ3n) is 2.05. The van der Waals surface area contributed by atoms with E-state index in [0.717, 1.165) is 13.1 Å². The summed E-state index contributed by atoms with van der Waals surface area (Å²) in [7, 11) is 4.08. The molecule has 96 valence electrons. The second-order valence-corrected chi connectivity index (χ2v) is 5.63. The molecule has 0 aromatic carbocycles. The van der Waals surface area contributed by atoms with Crippen LogP contribution in [-0.4, -0.2) is 47.0 Å². The summed E-state index contributed by atoms with van der Waals surface area (Å²) in [6.45, 7) is 5.99. The molecule has 17 heavy (non-hydrogen) atoms. The first-order valence-corrected chi connectivity index (χ1v) is 6.00. The summed E-state index contributed by atoms with van der Waals surface area (Å²) in [5.41, 5.74) is 0.0923. The van der Waals surface area contributed by atoms with Crippen molar-refractivity contribution in [3.05, 3.63) is 10.6 Å². The molecule has 0 unspecified atom stereocenters. The Balaban J connectivity index is 2.60. The number of hydrogen-bond donors (Lipinski definition) is 1. The third kappa shape index (κ3) is 5.48. The molecule has 0 aliphatic heterocycles. The highest BCUT2D eigenvalue weighted by Gasteiger charge is 2.19. The second kappa shape index (κ2) is 5.80. The molecule has 0 atom stereocenters. The minimum atomic E-state index is 0.0923. The molecule has 1 heterocycles. The molecular formula is C10H17Cl2N5. The van der Waals surface area contributed by atoms with Gasteiger partial charge in [-0.2, -0.15) is 15.0 Å². The van der Waals surface area contributed by atoms with E-state index in [1.54, 1.807) is 0 Å². The van der Waals surface area contributed by atoms with Gasteiger partial charge in [0.25, 0.3) is 0 Å². The van der Waals surface area contributed by atoms with Crippen molar-refractivity contribution in [2.45, 2.75) is 13.8 Å². The van der Waals surface area contributed by atoms with E-state index in [1.165, 1.54) is 0 Å². The minimum absolute atomic E-state index is 0.0923. The van der Waals surface area contributed by atoms with Crippen LogP contribution in [0.1, 0.15) is 13.8 Å². The highest BCUT2D eigenvalue weighted by molar-refractivity contribution is 6.31. The normalized spacial score (nSPS) is 11.9. The lowest BCUT2D eigenvalue weighted by Gasteiger charge is -2.28. The summed E-state index contributed by atoms with van der Waals surface area (Å²) in [6.07, 6.45) is 0. The predicted octanol–water partition coefficient (Wildman–Crippen LogP) is 2.18. The quantitative estimate of drug-likeness (QED) is 0.894. The van der Waals surface area contributed by atoms with Crippen molar-refractivity contribution in [3.63, 3.8) is 0 Å². The van der Waals surface area contributed by atoms with Crippen molar-refractivity contribution in [2.24, 2.45) is 5.41 Å². The fourth-order valence-corrected chi connectivity index (χ4v) is 2.00. The van der Waals surface area contributed by atoms with Gasteiger partial charge in [0.15, 0.2) is 0 Å². The molecule has 0 amide bonds. The SMILES string of the molecule is CN(C)CC(C)(C)CNc1nc(Cl)nc(Cl)n1. The third-order valence-corrected chi connectivity index (χ3v) is 2.39. The van der Waals surface area contributed by atoms with E-state index in [0.29, 0.717) is 5.95 Å². The van der Waals surface area contributed by atoms with Crippen molar-refractivity contribution in [1.82, 2.24) is 19.9 Å². The van der Waals surface area contributed by atoms with Crippen LogP contribution in [0.5, 0.6) is 0 Å². The molecule has 1 N–H and O–H groups in total. The Kier molecular flexibility index (Phi) is 4.91. The zero-order chi connectivity index (χ0) is 13.1. The van der Waals surface area contributed by atoms with Crippen molar-refractivity contribution in [3.8, 4) is 0 Å². The highest BCUT2D eigenvalue weighted by atomic mass is 35.5. The zero-order valence-electron chi connectivity index (χ0n) is 10.5. The Morgan fingerprint density at radius 1 is 1.12 bits per heavy atom. The molecular weight excluding hydrogens is 261 g/mol. The average Bonchev–Trinajstić information content (AvgIpc) is 2.11. The molecule has 1 aromatic heterocycles. The Hall–Kier alpha value is -0.650. The smallest absolute Gasteiger partial charge is 0.228 e. The summed E-state index contributed by atoms with van der Waals surface area (Å²) in [5.74, 6) is 0.404. The summed E-state index contributed by atoms with van der Waals surface area (Å²) in [6, 6.07) is 0. The number of anilines is 1. The average molecular weight is 278 g/mol. The molecule has 0 aliphatic rings. The van der Waals surface area contributed by atoms with E-state index in [-0.39, 0.29) is 16.0 Å². The molecule has 0 spiro atoms. The molecule has 7 heteroatoms. The lowest BCUT2D eigenvalue weighted by molar-refractivity contribution is 0.254. The number of aromatic nitrogens is 3. The van der Waals surface area contributed by atoms with Crippen LogP contribution in [0.25, 0.3) is 0 Å². The Morgan fingerprint density at radius 3 is 2.12 bits per heavy atom. The van der Waals surface area contributed by atoms with Crippen molar-refractivity contribution >= 4 is 29.2 Å². The minimum Gasteiger partial charge on any atom is -0.353 e. The van der Waals surface area contributed by atoms with E-state index >= 15 is 0 Å². The van der Waals surface area contributed by atoms with Crippen molar-refractivity contribution < 1.29 is 0 Å². The molecule has 0 aliphatic carbocycles. The van der Waals surface area contributed by atoms with E-state index < -0.39 is 0 Å². The first kappa shape index (κ1) is 14.4. The van der Waals surface area contributed by atoms with Crippen LogP contribution in [0.2, 0.25) is 10.6 Å². The standard InChI is InChI=1S/C10H17Cl2N5/c1-10(2,6-17(3)4)5-13-9-15-7(11)14-8(12)16-9/h5-6H2,1-4H3,(H,13,14,15,16). The molecule has 0 saturated carbocycles. The maximum absolute atomic E-state index is 5.69. The van der Waals surface area contributed by atoms with Gasteiger partial charge in [-0.15, -0.1) is 0 Å². The fraction of sp³-hybridized carbons (Fsp3) is 0.700. The second-order valence-electron chi connectivity index (χ2n) is 4.95. The van der Waals surface area contributed by atoms with E-state index in [1.807, 2.05) is 14.1 Å². The van der Waals surface area contributed by atoms with Gasteiger partial charge in [0, 0.05) is 13.1 Å². The maximum Gasteiger partial charge on any atom is 0.228 e. The van der Waals surface area contributed by atoms with Crippen LogP contribution >= 0.6 is 23.2 Å². The summed E-state index contributed by atoms with van der Waals surface area (Å²) >= 11 is 11.4. The summed E-state index contributed by atoms with van der Waals surface area (Å²) in [4.78, 5) is 13.7. The van der Waals surface area contributed by atoms with E-state index in [2.05, 4.69) is 39.0 Å². The van der Waals surface area contributed by atoms with Gasteiger partial charge in [0.05, 0.1) is 0 Å². The van der Waals surface area contributed by atoms with Crippen LogP contribution in [-0.2, 0) is 0 Å². The maximum atomic E-state index is 5.69. The topological polar surface area (TPSA) is 53.9 Å². The number of rotatable bonds is 5. The number of halogens is 2. The molecule has 1 aromatic rings. The van der Waals surface area contributed by atoms with Gasteiger partial charge in [0.1, 0.15) is 0 Å². The van der Waals surface area contributed by atoms with Crippen molar-refractivity contribution in [2.75, 3.05) is 32.5 Å². The lowest BCUT2D eigenvalue weighted by Crippen LogP contribution is -2.34. The first-order chi connectivity index (χ1) is 7.78. The Morgan fingerprint density at radius 2 is 1.65 bits per heavy atom. The van der Waals surface area contributed by atoms with Crippen LogP contribution in [0.3, 0.4) is 0 Å². The van der Waals surface area contributed by atoms with Gasteiger partial charge >= 0.3 is 0 Å².